The van der Waals surface area contributed by atoms with Crippen LogP contribution in [0.5, 0.6) is 0 Å². The number of aliphatic imine (C=N–C) groups is 1. The molecule has 0 fully saturated rings. The summed E-state index contributed by atoms with van der Waals surface area (Å²) in [4.78, 5) is 17.3. The minimum atomic E-state index is -0.440. The van der Waals surface area contributed by atoms with Crippen LogP contribution >= 0.6 is 0 Å². The van der Waals surface area contributed by atoms with Crippen molar-refractivity contribution in [2.45, 2.75) is 13.1 Å². The molecule has 0 aliphatic carbocycles. The van der Waals surface area contributed by atoms with Gasteiger partial charge in [-0.1, -0.05) is 24.3 Å². The van der Waals surface area contributed by atoms with Crippen molar-refractivity contribution < 1.29 is 9.18 Å². The Balaban J connectivity index is 1.93. The van der Waals surface area contributed by atoms with Crippen molar-refractivity contribution in [1.82, 2.24) is 10.2 Å². The lowest BCUT2D eigenvalue weighted by Gasteiger charge is -2.22. The Hall–Kier alpha value is -2.89. The highest BCUT2D eigenvalue weighted by Crippen LogP contribution is 2.07. The van der Waals surface area contributed by atoms with Gasteiger partial charge in [-0.3, -0.25) is 9.79 Å². The average molecular weight is 328 g/mol. The third kappa shape index (κ3) is 4.81. The van der Waals surface area contributed by atoms with E-state index in [9.17, 15) is 9.18 Å². The number of benzene rings is 2. The van der Waals surface area contributed by atoms with E-state index in [1.807, 2.05) is 24.1 Å². The van der Waals surface area contributed by atoms with Crippen LogP contribution in [0.2, 0.25) is 0 Å². The van der Waals surface area contributed by atoms with Crippen LogP contribution in [0.3, 0.4) is 0 Å². The molecular formula is C18H21FN4O. The van der Waals surface area contributed by atoms with Crippen LogP contribution in [0.1, 0.15) is 21.5 Å². The van der Waals surface area contributed by atoms with E-state index < -0.39 is 5.91 Å². The molecule has 0 radical (unpaired) electrons. The second kappa shape index (κ2) is 8.10. The van der Waals surface area contributed by atoms with Crippen LogP contribution in [-0.2, 0) is 13.1 Å². The fourth-order valence-electron chi connectivity index (χ4n) is 2.29. The molecule has 1 amide bonds. The number of hydrogen-bond acceptors (Lipinski definition) is 2. The van der Waals surface area contributed by atoms with E-state index in [1.165, 1.54) is 12.1 Å². The Morgan fingerprint density at radius 1 is 1.12 bits per heavy atom. The number of nitrogens with zero attached hydrogens (tertiary/aromatic N) is 2. The predicted octanol–water partition coefficient (Wildman–Crippen LogP) is 2.13. The molecule has 126 valence electrons. The monoisotopic (exact) mass is 328 g/mol. The van der Waals surface area contributed by atoms with Crippen LogP contribution < -0.4 is 11.1 Å². The van der Waals surface area contributed by atoms with Gasteiger partial charge in [-0.05, 0) is 35.4 Å². The van der Waals surface area contributed by atoms with E-state index in [1.54, 1.807) is 31.3 Å². The summed E-state index contributed by atoms with van der Waals surface area (Å²) in [5, 5.41) is 3.25. The molecule has 6 heteroatoms. The third-order valence-corrected chi connectivity index (χ3v) is 3.60. The summed E-state index contributed by atoms with van der Waals surface area (Å²) >= 11 is 0. The number of carbonyl (C=O) groups is 1. The highest BCUT2D eigenvalue weighted by Gasteiger charge is 2.07. The summed E-state index contributed by atoms with van der Waals surface area (Å²) in [7, 11) is 3.62. The normalized spacial score (nSPS) is 11.2. The Labute approximate surface area is 141 Å². The third-order valence-electron chi connectivity index (χ3n) is 3.60. The Kier molecular flexibility index (Phi) is 5.89. The molecule has 24 heavy (non-hydrogen) atoms. The van der Waals surface area contributed by atoms with Crippen molar-refractivity contribution >= 4 is 11.9 Å². The van der Waals surface area contributed by atoms with Crippen LogP contribution in [0.4, 0.5) is 4.39 Å². The SMILES string of the molecule is CN=C(NCc1ccc(C(N)=O)cc1)N(C)Cc1ccc(F)cc1. The van der Waals surface area contributed by atoms with Gasteiger partial charge in [0.15, 0.2) is 5.96 Å². The van der Waals surface area contributed by atoms with Gasteiger partial charge in [0.05, 0.1) is 0 Å². The van der Waals surface area contributed by atoms with Gasteiger partial charge in [0, 0.05) is 32.7 Å². The highest BCUT2D eigenvalue weighted by molar-refractivity contribution is 5.92. The van der Waals surface area contributed by atoms with Crippen molar-refractivity contribution in [1.29, 1.82) is 0 Å². The lowest BCUT2D eigenvalue weighted by atomic mass is 10.1. The molecule has 2 rings (SSSR count). The topological polar surface area (TPSA) is 70.7 Å². The minimum Gasteiger partial charge on any atom is -0.366 e. The molecule has 5 nitrogen and oxygen atoms in total. The maximum absolute atomic E-state index is 13.0. The molecule has 0 heterocycles. The highest BCUT2D eigenvalue weighted by atomic mass is 19.1. The molecule has 0 saturated carbocycles. The van der Waals surface area contributed by atoms with Crippen molar-refractivity contribution in [2.75, 3.05) is 14.1 Å². The molecule has 0 atom stereocenters. The summed E-state index contributed by atoms with van der Waals surface area (Å²) in [6, 6.07) is 13.5. The quantitative estimate of drug-likeness (QED) is 0.652. The first-order valence-corrected chi connectivity index (χ1v) is 7.54. The minimum absolute atomic E-state index is 0.247. The number of halogens is 1. The van der Waals surface area contributed by atoms with Gasteiger partial charge < -0.3 is 16.0 Å². The summed E-state index contributed by atoms with van der Waals surface area (Å²) < 4.78 is 13.0. The molecule has 0 spiro atoms. The van der Waals surface area contributed by atoms with Gasteiger partial charge in [-0.2, -0.15) is 0 Å². The zero-order valence-electron chi connectivity index (χ0n) is 13.8. The summed E-state index contributed by atoms with van der Waals surface area (Å²) in [5.74, 6) is 0.0333. The number of amides is 1. The number of nitrogens with two attached hydrogens (primary N) is 1. The molecule has 2 aromatic carbocycles. The molecule has 3 N–H and O–H groups in total. The lowest BCUT2D eigenvalue weighted by Crippen LogP contribution is -2.38. The number of hydrogen-bond donors (Lipinski definition) is 2. The second-order valence-electron chi connectivity index (χ2n) is 5.44. The van der Waals surface area contributed by atoms with Gasteiger partial charge in [-0.25, -0.2) is 4.39 Å². The summed E-state index contributed by atoms with van der Waals surface area (Å²) in [6.45, 7) is 1.18. The van der Waals surface area contributed by atoms with E-state index in [0.29, 0.717) is 18.7 Å². The van der Waals surface area contributed by atoms with Crippen molar-refractivity contribution in [3.05, 3.63) is 71.0 Å². The van der Waals surface area contributed by atoms with Gasteiger partial charge >= 0.3 is 0 Å². The van der Waals surface area contributed by atoms with Gasteiger partial charge in [-0.15, -0.1) is 0 Å². The van der Waals surface area contributed by atoms with Crippen molar-refractivity contribution in [3.63, 3.8) is 0 Å². The summed E-state index contributed by atoms with van der Waals surface area (Å²) in [5.41, 5.74) is 7.71. The maximum atomic E-state index is 13.0. The van der Waals surface area contributed by atoms with Gasteiger partial charge in [0.25, 0.3) is 0 Å². The van der Waals surface area contributed by atoms with E-state index in [4.69, 9.17) is 5.73 Å². The molecule has 0 aliphatic heterocycles. The molecule has 0 aromatic heterocycles. The largest absolute Gasteiger partial charge is 0.366 e. The van der Waals surface area contributed by atoms with E-state index >= 15 is 0 Å². The number of nitrogens with one attached hydrogen (secondary N) is 1. The Morgan fingerprint density at radius 3 is 2.25 bits per heavy atom. The van der Waals surface area contributed by atoms with Gasteiger partial charge in [0.1, 0.15) is 5.82 Å². The average Bonchev–Trinajstić information content (AvgIpc) is 2.58. The molecule has 2 aromatic rings. The van der Waals surface area contributed by atoms with E-state index in [2.05, 4.69) is 10.3 Å². The second-order valence-corrected chi connectivity index (χ2v) is 5.44. The predicted molar refractivity (Wildman–Crippen MR) is 93.0 cm³/mol. The van der Waals surface area contributed by atoms with Gasteiger partial charge in [0.2, 0.25) is 5.91 Å². The maximum Gasteiger partial charge on any atom is 0.248 e. The molecule has 0 aliphatic rings. The number of carbonyl (C=O) groups excluding carboxylic acids is 1. The van der Waals surface area contributed by atoms with Crippen LogP contribution in [-0.4, -0.2) is 30.9 Å². The molecule has 0 saturated heterocycles. The first-order chi connectivity index (χ1) is 11.5. The fraction of sp³-hybridized carbons (Fsp3) is 0.222. The van der Waals surface area contributed by atoms with Crippen LogP contribution in [0, 0.1) is 5.82 Å². The Bertz CT molecular complexity index is 711. The number of guanidine groups is 1. The molecule has 0 unspecified atom stereocenters. The van der Waals surface area contributed by atoms with E-state index in [0.717, 1.165) is 17.1 Å². The van der Waals surface area contributed by atoms with E-state index in [-0.39, 0.29) is 5.82 Å². The standard InChI is InChI=1S/C18H21FN4O/c1-21-18(23(2)12-14-5-9-16(19)10-6-14)22-11-13-3-7-15(8-4-13)17(20)24/h3-10H,11-12H2,1-2H3,(H2,20,24)(H,21,22). The van der Waals surface area contributed by atoms with Crippen LogP contribution in [0.25, 0.3) is 0 Å². The summed E-state index contributed by atoms with van der Waals surface area (Å²) in [6.07, 6.45) is 0. The first kappa shape index (κ1) is 17.5. The zero-order valence-corrected chi connectivity index (χ0v) is 13.8. The number of primary amides is 1. The molecule has 0 bridgehead atoms. The van der Waals surface area contributed by atoms with Crippen molar-refractivity contribution in [3.8, 4) is 0 Å². The zero-order chi connectivity index (χ0) is 17.5. The Morgan fingerprint density at radius 2 is 1.71 bits per heavy atom. The smallest absolute Gasteiger partial charge is 0.248 e. The van der Waals surface area contributed by atoms with Crippen LogP contribution in [0.15, 0.2) is 53.5 Å². The molecular weight excluding hydrogens is 307 g/mol. The number of rotatable bonds is 5. The lowest BCUT2D eigenvalue weighted by molar-refractivity contribution is 0.100. The first-order valence-electron chi connectivity index (χ1n) is 7.54. The fourth-order valence-corrected chi connectivity index (χ4v) is 2.29. The van der Waals surface area contributed by atoms with Crippen molar-refractivity contribution in [2.24, 2.45) is 10.7 Å².